The number of hydrogen-bond donors (Lipinski definition) is 1. The van der Waals surface area contributed by atoms with Gasteiger partial charge in [-0.3, -0.25) is 4.79 Å². The number of carbonyl (C=O) groups is 1. The topological polar surface area (TPSA) is 55.8 Å². The Bertz CT molecular complexity index is 223. The van der Waals surface area contributed by atoms with E-state index in [1.165, 1.54) is 7.11 Å². The molecule has 0 aromatic carbocycles. The van der Waals surface area contributed by atoms with Gasteiger partial charge in [-0.2, -0.15) is 0 Å². The molecule has 1 fully saturated rings. The van der Waals surface area contributed by atoms with Crippen molar-refractivity contribution in [1.29, 1.82) is 0 Å². The average molecular weight is 244 g/mol. The number of ether oxygens (including phenoxy) is 2. The molecular weight excluding hydrogens is 220 g/mol. The molecule has 17 heavy (non-hydrogen) atoms. The highest BCUT2D eigenvalue weighted by Gasteiger charge is 2.33. The van der Waals surface area contributed by atoms with Gasteiger partial charge in [-0.1, -0.05) is 19.8 Å². The summed E-state index contributed by atoms with van der Waals surface area (Å²) in [6.07, 6.45) is 3.76. The molecule has 0 aromatic heterocycles. The zero-order valence-corrected chi connectivity index (χ0v) is 10.9. The van der Waals surface area contributed by atoms with Gasteiger partial charge in [0.2, 0.25) is 0 Å². The van der Waals surface area contributed by atoms with Crippen LogP contribution in [0, 0.1) is 11.8 Å². The normalized spacial score (nSPS) is 20.9. The SMILES string of the molecule is CCCCC(C(=O)OC)C(O)C1CCOCC1. The maximum Gasteiger partial charge on any atom is 0.311 e. The molecule has 0 saturated carbocycles. The molecular formula is C13H24O4. The highest BCUT2D eigenvalue weighted by Crippen LogP contribution is 2.27. The van der Waals surface area contributed by atoms with E-state index >= 15 is 0 Å². The highest BCUT2D eigenvalue weighted by molar-refractivity contribution is 5.72. The Hall–Kier alpha value is -0.610. The Morgan fingerprint density at radius 2 is 2.12 bits per heavy atom. The Morgan fingerprint density at radius 3 is 2.65 bits per heavy atom. The molecule has 100 valence electrons. The lowest BCUT2D eigenvalue weighted by Gasteiger charge is -2.31. The third-order valence-corrected chi connectivity index (χ3v) is 3.53. The summed E-state index contributed by atoms with van der Waals surface area (Å²) in [5, 5.41) is 10.3. The van der Waals surface area contributed by atoms with Crippen molar-refractivity contribution < 1.29 is 19.4 Å². The molecule has 0 aromatic rings. The Morgan fingerprint density at radius 1 is 1.47 bits per heavy atom. The molecule has 1 aliphatic heterocycles. The van der Waals surface area contributed by atoms with Crippen LogP contribution in [0.25, 0.3) is 0 Å². The molecule has 4 nitrogen and oxygen atoms in total. The summed E-state index contributed by atoms with van der Waals surface area (Å²) in [5.74, 6) is -0.481. The molecule has 1 rings (SSSR count). The fraction of sp³-hybridized carbons (Fsp3) is 0.923. The van der Waals surface area contributed by atoms with Crippen molar-refractivity contribution >= 4 is 5.97 Å². The van der Waals surface area contributed by atoms with E-state index in [2.05, 4.69) is 6.92 Å². The summed E-state index contributed by atoms with van der Waals surface area (Å²) in [6, 6.07) is 0. The van der Waals surface area contributed by atoms with E-state index in [1.54, 1.807) is 0 Å². The van der Waals surface area contributed by atoms with Crippen LogP contribution in [0.1, 0.15) is 39.0 Å². The van der Waals surface area contributed by atoms with E-state index in [-0.39, 0.29) is 17.8 Å². The van der Waals surface area contributed by atoms with Crippen LogP contribution in [-0.4, -0.2) is 37.5 Å². The predicted molar refractivity (Wildman–Crippen MR) is 64.6 cm³/mol. The number of hydrogen-bond acceptors (Lipinski definition) is 4. The first kappa shape index (κ1) is 14.5. The number of carbonyl (C=O) groups excluding carboxylic acids is 1. The van der Waals surface area contributed by atoms with Gasteiger partial charge in [0.05, 0.1) is 19.1 Å². The number of rotatable bonds is 6. The molecule has 1 aliphatic rings. The van der Waals surface area contributed by atoms with E-state index in [0.29, 0.717) is 19.6 Å². The molecule has 0 radical (unpaired) electrons. The Balaban J connectivity index is 2.56. The van der Waals surface area contributed by atoms with Gasteiger partial charge < -0.3 is 14.6 Å². The van der Waals surface area contributed by atoms with Crippen LogP contribution in [0.5, 0.6) is 0 Å². The lowest BCUT2D eigenvalue weighted by atomic mass is 9.83. The number of aliphatic hydroxyl groups is 1. The van der Waals surface area contributed by atoms with Gasteiger partial charge >= 0.3 is 5.97 Å². The van der Waals surface area contributed by atoms with Crippen molar-refractivity contribution in [2.45, 2.75) is 45.1 Å². The maximum absolute atomic E-state index is 11.7. The molecule has 0 amide bonds. The van der Waals surface area contributed by atoms with Crippen LogP contribution in [-0.2, 0) is 14.3 Å². The third kappa shape index (κ3) is 4.28. The summed E-state index contributed by atoms with van der Waals surface area (Å²) < 4.78 is 10.1. The first-order valence-corrected chi connectivity index (χ1v) is 6.54. The average Bonchev–Trinajstić information content (AvgIpc) is 2.39. The monoisotopic (exact) mass is 244 g/mol. The fourth-order valence-electron chi connectivity index (χ4n) is 2.39. The molecule has 1 N–H and O–H groups in total. The first-order valence-electron chi connectivity index (χ1n) is 6.54. The minimum absolute atomic E-state index is 0.171. The second-order valence-corrected chi connectivity index (χ2v) is 4.71. The second kappa shape index (κ2) is 7.67. The van der Waals surface area contributed by atoms with Crippen LogP contribution < -0.4 is 0 Å². The summed E-state index contributed by atoms with van der Waals surface area (Å²) in [7, 11) is 1.39. The number of unbranched alkanes of at least 4 members (excludes halogenated alkanes) is 1. The van der Waals surface area contributed by atoms with Crippen molar-refractivity contribution in [3.8, 4) is 0 Å². The van der Waals surface area contributed by atoms with Gasteiger partial charge in [-0.05, 0) is 25.2 Å². The summed E-state index contributed by atoms with van der Waals surface area (Å²) in [4.78, 5) is 11.7. The summed E-state index contributed by atoms with van der Waals surface area (Å²) >= 11 is 0. The number of esters is 1. The van der Waals surface area contributed by atoms with Crippen LogP contribution in [0.15, 0.2) is 0 Å². The van der Waals surface area contributed by atoms with Crippen LogP contribution in [0.2, 0.25) is 0 Å². The molecule has 0 spiro atoms. The van der Waals surface area contributed by atoms with Crippen LogP contribution in [0.4, 0.5) is 0 Å². The standard InChI is InChI=1S/C13H24O4/c1-3-4-5-11(13(15)16-2)12(14)10-6-8-17-9-7-10/h10-12,14H,3-9H2,1-2H3. The molecule has 1 saturated heterocycles. The smallest absolute Gasteiger partial charge is 0.311 e. The second-order valence-electron chi connectivity index (χ2n) is 4.71. The van der Waals surface area contributed by atoms with Crippen molar-refractivity contribution in [3.63, 3.8) is 0 Å². The fourth-order valence-corrected chi connectivity index (χ4v) is 2.39. The summed E-state index contributed by atoms with van der Waals surface area (Å²) in [6.45, 7) is 3.45. The zero-order chi connectivity index (χ0) is 12.7. The van der Waals surface area contributed by atoms with Gasteiger partial charge in [0.1, 0.15) is 0 Å². The van der Waals surface area contributed by atoms with Gasteiger partial charge in [-0.25, -0.2) is 0 Å². The maximum atomic E-state index is 11.7. The van der Waals surface area contributed by atoms with Crippen molar-refractivity contribution in [3.05, 3.63) is 0 Å². The lowest BCUT2D eigenvalue weighted by molar-refractivity contribution is -0.152. The van der Waals surface area contributed by atoms with E-state index in [1.807, 2.05) is 0 Å². The molecule has 4 heteroatoms. The van der Waals surface area contributed by atoms with Crippen LogP contribution >= 0.6 is 0 Å². The van der Waals surface area contributed by atoms with Gasteiger partial charge in [0.15, 0.2) is 0 Å². The third-order valence-electron chi connectivity index (χ3n) is 3.53. The highest BCUT2D eigenvalue weighted by atomic mass is 16.5. The van der Waals surface area contributed by atoms with Crippen molar-refractivity contribution in [2.24, 2.45) is 11.8 Å². The number of methoxy groups -OCH3 is 1. The molecule has 1 heterocycles. The first-order chi connectivity index (χ1) is 8.20. The van der Waals surface area contributed by atoms with Crippen LogP contribution in [0.3, 0.4) is 0 Å². The van der Waals surface area contributed by atoms with E-state index < -0.39 is 6.10 Å². The summed E-state index contributed by atoms with van der Waals surface area (Å²) in [5.41, 5.74) is 0. The minimum atomic E-state index is -0.585. The van der Waals surface area contributed by atoms with Gasteiger partial charge in [0.25, 0.3) is 0 Å². The zero-order valence-electron chi connectivity index (χ0n) is 10.9. The molecule has 2 atom stereocenters. The number of aliphatic hydroxyl groups excluding tert-OH is 1. The Labute approximate surface area is 103 Å². The molecule has 0 aliphatic carbocycles. The largest absolute Gasteiger partial charge is 0.469 e. The molecule has 0 bridgehead atoms. The van der Waals surface area contributed by atoms with E-state index in [0.717, 1.165) is 25.7 Å². The van der Waals surface area contributed by atoms with Gasteiger partial charge in [0, 0.05) is 13.2 Å². The van der Waals surface area contributed by atoms with Crippen molar-refractivity contribution in [2.75, 3.05) is 20.3 Å². The van der Waals surface area contributed by atoms with E-state index in [4.69, 9.17) is 9.47 Å². The van der Waals surface area contributed by atoms with E-state index in [9.17, 15) is 9.90 Å². The minimum Gasteiger partial charge on any atom is -0.469 e. The Kier molecular flexibility index (Phi) is 6.52. The lowest BCUT2D eigenvalue weighted by Crippen LogP contribution is -2.37. The molecule has 2 unspecified atom stereocenters. The van der Waals surface area contributed by atoms with Gasteiger partial charge in [-0.15, -0.1) is 0 Å². The van der Waals surface area contributed by atoms with Crippen molar-refractivity contribution in [1.82, 2.24) is 0 Å². The predicted octanol–water partition coefficient (Wildman–Crippen LogP) is 1.75. The quantitative estimate of drug-likeness (QED) is 0.723.